The lowest BCUT2D eigenvalue weighted by Gasteiger charge is -2.31. The van der Waals surface area contributed by atoms with Gasteiger partial charge in [-0.1, -0.05) is 6.07 Å². The molecule has 1 aromatic carbocycles. The molecule has 0 unspecified atom stereocenters. The molecular formula is C17H21N5O2S. The summed E-state index contributed by atoms with van der Waals surface area (Å²) in [5.41, 5.74) is 2.48. The highest BCUT2D eigenvalue weighted by molar-refractivity contribution is 7.90. The van der Waals surface area contributed by atoms with E-state index in [4.69, 9.17) is 0 Å². The number of piperidine rings is 1. The third-order valence-electron chi connectivity index (χ3n) is 4.88. The molecule has 25 heavy (non-hydrogen) atoms. The van der Waals surface area contributed by atoms with Crippen LogP contribution in [-0.4, -0.2) is 49.1 Å². The number of nitrogens with zero attached hydrogens (tertiary/aromatic N) is 4. The van der Waals surface area contributed by atoms with Crippen LogP contribution in [0.25, 0.3) is 11.1 Å². The fraction of sp³-hybridized carbons (Fsp3) is 0.412. The number of likely N-dealkylation sites (tertiary alicyclic amines) is 1. The van der Waals surface area contributed by atoms with Crippen molar-refractivity contribution < 1.29 is 8.42 Å². The average Bonchev–Trinajstić information content (AvgIpc) is 3.01. The van der Waals surface area contributed by atoms with Gasteiger partial charge in [0, 0.05) is 24.7 Å². The Morgan fingerprint density at radius 2 is 1.92 bits per heavy atom. The number of nitrogens with one attached hydrogen (secondary N) is 1. The molecule has 1 N–H and O–H groups in total. The Labute approximate surface area is 147 Å². The molecule has 0 amide bonds. The van der Waals surface area contributed by atoms with Gasteiger partial charge in [0.15, 0.2) is 0 Å². The fourth-order valence-corrected chi connectivity index (χ4v) is 4.58. The van der Waals surface area contributed by atoms with Crippen LogP contribution in [0.1, 0.15) is 12.8 Å². The summed E-state index contributed by atoms with van der Waals surface area (Å²) in [6.45, 7) is 1.90. The van der Waals surface area contributed by atoms with Gasteiger partial charge in [0.2, 0.25) is 0 Å². The van der Waals surface area contributed by atoms with Crippen LogP contribution in [0.4, 0.5) is 5.69 Å². The van der Waals surface area contributed by atoms with Crippen LogP contribution in [0.5, 0.6) is 0 Å². The molecule has 0 atom stereocenters. The number of hydrogen-bond acceptors (Lipinski definition) is 5. The lowest BCUT2D eigenvalue weighted by Crippen LogP contribution is -2.37. The first-order valence-corrected chi connectivity index (χ1v) is 9.80. The van der Waals surface area contributed by atoms with Gasteiger partial charge in [0.25, 0.3) is 10.0 Å². The number of aromatic nitrogens is 2. The molecule has 3 heterocycles. The molecule has 1 saturated heterocycles. The molecular weight excluding hydrogens is 338 g/mol. The zero-order chi connectivity index (χ0) is 17.6. The summed E-state index contributed by atoms with van der Waals surface area (Å²) in [7, 11) is 0.282. The molecule has 0 saturated carbocycles. The summed E-state index contributed by atoms with van der Waals surface area (Å²) in [6.07, 6.45) is 5.50. The van der Waals surface area contributed by atoms with Gasteiger partial charge in [-0.2, -0.15) is 13.5 Å². The second kappa shape index (κ2) is 5.96. The van der Waals surface area contributed by atoms with Gasteiger partial charge in [-0.05, 0) is 50.7 Å². The van der Waals surface area contributed by atoms with E-state index in [0.29, 0.717) is 11.5 Å². The van der Waals surface area contributed by atoms with Gasteiger partial charge in [-0.15, -0.1) is 4.40 Å². The molecule has 132 valence electrons. The lowest BCUT2D eigenvalue weighted by atomic mass is 9.95. The minimum Gasteiger partial charge on any atom is -0.342 e. The molecule has 4 rings (SSSR count). The van der Waals surface area contributed by atoms with Gasteiger partial charge in [-0.25, -0.2) is 0 Å². The standard InChI is InChI=1S/C17H21N5O2S/c1-21-7-5-12(6-8-21)17-19-15-9-13(14-10-18-22(2)11-14)3-4-16(15)25(23,24)20-17/h3-4,9-12H,5-8H2,1-2H3,(H,19,20). The lowest BCUT2D eigenvalue weighted by molar-refractivity contribution is 0.252. The number of fused-ring (bicyclic) bond motifs is 1. The maximum Gasteiger partial charge on any atom is 0.286 e. The Hall–Kier alpha value is -2.19. The number of anilines is 1. The molecule has 0 spiro atoms. The summed E-state index contributed by atoms with van der Waals surface area (Å²) in [5.74, 6) is 0.727. The van der Waals surface area contributed by atoms with Crippen molar-refractivity contribution in [3.05, 3.63) is 30.6 Å². The number of benzene rings is 1. The summed E-state index contributed by atoms with van der Waals surface area (Å²) in [6, 6.07) is 5.29. The zero-order valence-corrected chi connectivity index (χ0v) is 15.1. The Balaban J connectivity index is 1.69. The monoisotopic (exact) mass is 359 g/mol. The quantitative estimate of drug-likeness (QED) is 0.886. The van der Waals surface area contributed by atoms with Crippen LogP contribution < -0.4 is 5.32 Å². The van der Waals surface area contributed by atoms with Gasteiger partial charge >= 0.3 is 0 Å². The molecule has 2 aliphatic heterocycles. The van der Waals surface area contributed by atoms with Crippen LogP contribution >= 0.6 is 0 Å². The zero-order valence-electron chi connectivity index (χ0n) is 14.3. The molecule has 1 fully saturated rings. The van der Waals surface area contributed by atoms with E-state index in [0.717, 1.165) is 37.1 Å². The topological polar surface area (TPSA) is 79.6 Å². The summed E-state index contributed by atoms with van der Waals surface area (Å²) < 4.78 is 31.0. The van der Waals surface area contributed by atoms with Crippen LogP contribution in [0.15, 0.2) is 39.9 Å². The third-order valence-corrected chi connectivity index (χ3v) is 6.23. The van der Waals surface area contributed by atoms with Crippen molar-refractivity contribution in [3.8, 4) is 11.1 Å². The number of rotatable bonds is 2. The first-order chi connectivity index (χ1) is 11.9. The maximum absolute atomic E-state index is 12.6. The molecule has 1 aromatic heterocycles. The Bertz CT molecular complexity index is 940. The van der Waals surface area contributed by atoms with Crippen LogP contribution in [0, 0.1) is 5.92 Å². The summed E-state index contributed by atoms with van der Waals surface area (Å²) >= 11 is 0. The van der Waals surface area contributed by atoms with Gasteiger partial charge in [0.1, 0.15) is 10.7 Å². The average molecular weight is 359 g/mol. The number of sulfonamides is 1. The number of hydrogen-bond donors (Lipinski definition) is 1. The summed E-state index contributed by atoms with van der Waals surface area (Å²) in [4.78, 5) is 2.49. The van der Waals surface area contributed by atoms with Gasteiger partial charge < -0.3 is 10.2 Å². The second-order valence-electron chi connectivity index (χ2n) is 6.77. The third kappa shape index (κ3) is 3.07. The Morgan fingerprint density at radius 1 is 1.16 bits per heavy atom. The highest BCUT2D eigenvalue weighted by atomic mass is 32.2. The van der Waals surface area contributed by atoms with Crippen molar-refractivity contribution in [3.63, 3.8) is 0 Å². The van der Waals surface area contributed by atoms with E-state index in [2.05, 4.69) is 26.8 Å². The van der Waals surface area contributed by atoms with E-state index in [9.17, 15) is 8.42 Å². The Kier molecular flexibility index (Phi) is 3.88. The molecule has 7 nitrogen and oxygen atoms in total. The van der Waals surface area contributed by atoms with Crippen molar-refractivity contribution in [2.75, 3.05) is 25.5 Å². The van der Waals surface area contributed by atoms with E-state index >= 15 is 0 Å². The van der Waals surface area contributed by atoms with Crippen LogP contribution in [0.2, 0.25) is 0 Å². The van der Waals surface area contributed by atoms with E-state index in [1.54, 1.807) is 23.0 Å². The molecule has 0 bridgehead atoms. The number of aryl methyl sites for hydroxylation is 1. The van der Waals surface area contributed by atoms with E-state index in [-0.39, 0.29) is 10.8 Å². The maximum atomic E-state index is 12.6. The second-order valence-corrected chi connectivity index (χ2v) is 8.34. The molecule has 2 aliphatic rings. The Morgan fingerprint density at radius 3 is 2.60 bits per heavy atom. The highest BCUT2D eigenvalue weighted by Gasteiger charge is 2.30. The van der Waals surface area contributed by atoms with Gasteiger partial charge in [-0.3, -0.25) is 4.68 Å². The smallest absolute Gasteiger partial charge is 0.286 e. The normalized spacial score (nSPS) is 20.6. The minimum atomic E-state index is -3.66. The largest absolute Gasteiger partial charge is 0.342 e. The van der Waals surface area contributed by atoms with Gasteiger partial charge in [0.05, 0.1) is 11.9 Å². The minimum absolute atomic E-state index is 0.154. The van der Waals surface area contributed by atoms with Crippen LogP contribution in [0.3, 0.4) is 0 Å². The molecule has 0 radical (unpaired) electrons. The predicted octanol–water partition coefficient (Wildman–Crippen LogP) is 1.94. The fourth-order valence-electron chi connectivity index (χ4n) is 3.40. The van der Waals surface area contributed by atoms with Crippen molar-refractivity contribution in [2.24, 2.45) is 17.4 Å². The van der Waals surface area contributed by atoms with Crippen molar-refractivity contribution in [1.29, 1.82) is 0 Å². The summed E-state index contributed by atoms with van der Waals surface area (Å²) in [5, 5.41) is 7.46. The number of amidine groups is 1. The SMILES string of the molecule is CN1CCC(C2=NS(=O)(=O)c3ccc(-c4cnn(C)c4)cc3N2)CC1. The van der Waals surface area contributed by atoms with E-state index in [1.807, 2.05) is 19.3 Å². The van der Waals surface area contributed by atoms with Crippen LogP contribution in [-0.2, 0) is 17.1 Å². The van der Waals surface area contributed by atoms with E-state index < -0.39 is 10.0 Å². The van der Waals surface area contributed by atoms with E-state index in [1.165, 1.54) is 0 Å². The molecule has 8 heteroatoms. The highest BCUT2D eigenvalue weighted by Crippen LogP contribution is 2.34. The van der Waals surface area contributed by atoms with Crippen molar-refractivity contribution in [1.82, 2.24) is 14.7 Å². The molecule has 0 aliphatic carbocycles. The van der Waals surface area contributed by atoms with Crippen molar-refractivity contribution in [2.45, 2.75) is 17.7 Å². The first kappa shape index (κ1) is 16.3. The predicted molar refractivity (Wildman–Crippen MR) is 97.1 cm³/mol. The van der Waals surface area contributed by atoms with Crippen molar-refractivity contribution >= 4 is 21.5 Å². The molecule has 2 aromatic rings. The first-order valence-electron chi connectivity index (χ1n) is 8.36.